The molecule has 2 N–H and O–H groups in total. The molecule has 2 aromatic rings. The fourth-order valence-electron chi connectivity index (χ4n) is 1.37. The van der Waals surface area contributed by atoms with Crippen molar-refractivity contribution >= 4 is 22.9 Å². The quantitative estimate of drug-likeness (QED) is 0.717. The van der Waals surface area contributed by atoms with Crippen molar-refractivity contribution in [3.05, 3.63) is 29.6 Å². The van der Waals surface area contributed by atoms with Crippen LogP contribution in [-0.4, -0.2) is 16.1 Å². The number of rotatable bonds is 0. The number of hydrogen-bond donors (Lipinski definition) is 1. The minimum absolute atomic E-state index is 0.250. The average Bonchev–Trinajstić information content (AvgIpc) is 2.20. The van der Waals surface area contributed by atoms with Crippen molar-refractivity contribution in [1.29, 1.82) is 0 Å². The molecule has 5 heteroatoms. The number of aryl methyl sites for hydroxylation is 2. The fraction of sp³-hybridized carbons (Fsp3) is 0.182. The van der Waals surface area contributed by atoms with Gasteiger partial charge < -0.3 is 5.73 Å². The van der Waals surface area contributed by atoms with E-state index in [1.807, 2.05) is 32.0 Å². The Balaban J connectivity index is 0.000000386. The molecule has 0 aromatic carbocycles. The molecule has 0 saturated carbocycles. The van der Waals surface area contributed by atoms with Crippen molar-refractivity contribution in [2.24, 2.45) is 0 Å². The van der Waals surface area contributed by atoms with Gasteiger partial charge in [0, 0.05) is 11.4 Å². The van der Waals surface area contributed by atoms with Crippen LogP contribution in [0.3, 0.4) is 0 Å². The molecule has 0 atom stereocenters. The summed E-state index contributed by atoms with van der Waals surface area (Å²) in [5, 5.41) is 0. The topological polar surface area (TPSA) is 85.9 Å². The molecule has 5 nitrogen and oxygen atoms in total. The molecule has 0 unspecified atom stereocenters. The predicted molar refractivity (Wildman–Crippen MR) is 58.4 cm³/mol. The Morgan fingerprint density at radius 1 is 1.12 bits per heavy atom. The van der Waals surface area contributed by atoms with Gasteiger partial charge in [-0.25, -0.2) is 4.98 Å². The summed E-state index contributed by atoms with van der Waals surface area (Å²) in [5.74, 6) is 0. The molecule has 0 spiro atoms. The van der Waals surface area contributed by atoms with Gasteiger partial charge in [0.1, 0.15) is 5.52 Å². The number of aromatic nitrogens is 2. The van der Waals surface area contributed by atoms with E-state index in [2.05, 4.69) is 9.97 Å². The third-order valence-corrected chi connectivity index (χ3v) is 1.95. The van der Waals surface area contributed by atoms with Crippen LogP contribution in [0.25, 0.3) is 11.0 Å². The van der Waals surface area contributed by atoms with E-state index in [1.54, 1.807) is 0 Å². The molecule has 0 aliphatic heterocycles. The summed E-state index contributed by atoms with van der Waals surface area (Å²) in [7, 11) is 0. The van der Waals surface area contributed by atoms with E-state index in [4.69, 9.17) is 15.3 Å². The van der Waals surface area contributed by atoms with Crippen molar-refractivity contribution in [3.63, 3.8) is 0 Å². The SMILES string of the molecule is Cc1cc(N)c2nc(C)ccc2n1.O=C=O. The molecule has 82 valence electrons. The van der Waals surface area contributed by atoms with Crippen molar-refractivity contribution in [2.45, 2.75) is 13.8 Å². The van der Waals surface area contributed by atoms with Crippen molar-refractivity contribution in [3.8, 4) is 0 Å². The Labute approximate surface area is 92.3 Å². The molecule has 2 heterocycles. The number of pyridine rings is 2. The Hall–Kier alpha value is -2.26. The Kier molecular flexibility index (Phi) is 3.69. The van der Waals surface area contributed by atoms with Crippen LogP contribution in [-0.2, 0) is 9.59 Å². The lowest BCUT2D eigenvalue weighted by Crippen LogP contribution is -1.95. The van der Waals surface area contributed by atoms with Crippen LogP contribution in [0.15, 0.2) is 18.2 Å². The van der Waals surface area contributed by atoms with Gasteiger partial charge in [-0.15, -0.1) is 0 Å². The first-order chi connectivity index (χ1) is 7.58. The van der Waals surface area contributed by atoms with Gasteiger partial charge in [0.05, 0.1) is 11.2 Å². The molecule has 2 rings (SSSR count). The van der Waals surface area contributed by atoms with Gasteiger partial charge in [0.25, 0.3) is 0 Å². The molecule has 0 fully saturated rings. The second-order valence-corrected chi connectivity index (χ2v) is 3.26. The molecular formula is C11H11N3O2. The van der Waals surface area contributed by atoms with Gasteiger partial charge in [-0.1, -0.05) is 0 Å². The zero-order chi connectivity index (χ0) is 12.1. The molecular weight excluding hydrogens is 206 g/mol. The maximum absolute atomic E-state index is 8.12. The number of nitrogen functional groups attached to an aromatic ring is 1. The summed E-state index contributed by atoms with van der Waals surface area (Å²) < 4.78 is 0. The first kappa shape index (κ1) is 11.8. The van der Waals surface area contributed by atoms with Crippen LogP contribution in [0.4, 0.5) is 5.69 Å². The minimum atomic E-state index is 0.250. The minimum Gasteiger partial charge on any atom is -0.397 e. The molecule has 16 heavy (non-hydrogen) atoms. The van der Waals surface area contributed by atoms with E-state index in [-0.39, 0.29) is 6.15 Å². The lowest BCUT2D eigenvalue weighted by Gasteiger charge is -2.02. The highest BCUT2D eigenvalue weighted by molar-refractivity contribution is 5.86. The normalized spacial score (nSPS) is 9.12. The van der Waals surface area contributed by atoms with Gasteiger partial charge in [0.15, 0.2) is 0 Å². The van der Waals surface area contributed by atoms with Gasteiger partial charge in [-0.3, -0.25) is 4.98 Å². The predicted octanol–water partition coefficient (Wildman–Crippen LogP) is 1.25. The lowest BCUT2D eigenvalue weighted by molar-refractivity contribution is -0.191. The second-order valence-electron chi connectivity index (χ2n) is 3.26. The molecule has 0 aliphatic carbocycles. The Morgan fingerprint density at radius 3 is 2.38 bits per heavy atom. The lowest BCUT2D eigenvalue weighted by atomic mass is 10.2. The van der Waals surface area contributed by atoms with Crippen LogP contribution >= 0.6 is 0 Å². The molecule has 0 saturated heterocycles. The van der Waals surface area contributed by atoms with Crippen LogP contribution in [0.1, 0.15) is 11.4 Å². The van der Waals surface area contributed by atoms with Crippen molar-refractivity contribution in [1.82, 2.24) is 9.97 Å². The van der Waals surface area contributed by atoms with Gasteiger partial charge in [-0.2, -0.15) is 9.59 Å². The first-order valence-electron chi connectivity index (χ1n) is 4.58. The molecule has 0 radical (unpaired) electrons. The van der Waals surface area contributed by atoms with Crippen LogP contribution in [0.5, 0.6) is 0 Å². The number of nitrogens with two attached hydrogens (primary N) is 1. The smallest absolute Gasteiger partial charge is 0.373 e. The van der Waals surface area contributed by atoms with Crippen LogP contribution in [0, 0.1) is 13.8 Å². The molecule has 2 aromatic heterocycles. The van der Waals surface area contributed by atoms with Crippen molar-refractivity contribution in [2.75, 3.05) is 5.73 Å². The largest absolute Gasteiger partial charge is 0.397 e. The second kappa shape index (κ2) is 5.00. The summed E-state index contributed by atoms with van der Waals surface area (Å²) in [5.41, 5.74) is 10.1. The fourth-order valence-corrected chi connectivity index (χ4v) is 1.37. The molecule has 0 aliphatic rings. The highest BCUT2D eigenvalue weighted by Crippen LogP contribution is 2.18. The van der Waals surface area contributed by atoms with Gasteiger partial charge in [0.2, 0.25) is 0 Å². The standard InChI is InChI=1S/C10H11N3.CO2/c1-6-3-4-9-10(13-6)8(11)5-7(2)12-9;2-1-3/h3-5H,1-2H3,(H2,11,12);. The third-order valence-electron chi connectivity index (χ3n) is 1.95. The van der Waals surface area contributed by atoms with E-state index in [1.165, 1.54) is 0 Å². The summed E-state index contributed by atoms with van der Waals surface area (Å²) in [6.45, 7) is 3.87. The Bertz CT molecular complexity index is 546. The van der Waals surface area contributed by atoms with E-state index >= 15 is 0 Å². The molecule has 0 bridgehead atoms. The summed E-state index contributed by atoms with van der Waals surface area (Å²) in [6.07, 6.45) is 0.250. The van der Waals surface area contributed by atoms with E-state index < -0.39 is 0 Å². The van der Waals surface area contributed by atoms with Crippen LogP contribution < -0.4 is 5.73 Å². The summed E-state index contributed by atoms with van der Waals surface area (Å²) >= 11 is 0. The molecule has 0 amide bonds. The van der Waals surface area contributed by atoms with Gasteiger partial charge in [-0.05, 0) is 32.0 Å². The summed E-state index contributed by atoms with van der Waals surface area (Å²) in [4.78, 5) is 24.9. The number of hydrogen-bond acceptors (Lipinski definition) is 5. The average molecular weight is 217 g/mol. The van der Waals surface area contributed by atoms with E-state index in [0.29, 0.717) is 5.69 Å². The van der Waals surface area contributed by atoms with E-state index in [9.17, 15) is 0 Å². The Morgan fingerprint density at radius 2 is 1.75 bits per heavy atom. The highest BCUT2D eigenvalue weighted by Gasteiger charge is 2.01. The number of nitrogens with zero attached hydrogens (tertiary/aromatic N) is 2. The number of carbonyl (C=O) groups excluding carboxylic acids is 2. The zero-order valence-electron chi connectivity index (χ0n) is 9.02. The van der Waals surface area contributed by atoms with Crippen molar-refractivity contribution < 1.29 is 9.59 Å². The number of anilines is 1. The monoisotopic (exact) mass is 217 g/mol. The van der Waals surface area contributed by atoms with Gasteiger partial charge >= 0.3 is 6.15 Å². The zero-order valence-corrected chi connectivity index (χ0v) is 9.02. The summed E-state index contributed by atoms with van der Waals surface area (Å²) in [6, 6.07) is 5.73. The van der Waals surface area contributed by atoms with Crippen LogP contribution in [0.2, 0.25) is 0 Å². The first-order valence-corrected chi connectivity index (χ1v) is 4.58. The maximum Gasteiger partial charge on any atom is 0.373 e. The highest BCUT2D eigenvalue weighted by atomic mass is 16.2. The van der Waals surface area contributed by atoms with E-state index in [0.717, 1.165) is 22.4 Å². The third kappa shape index (κ3) is 2.62. The number of fused-ring (bicyclic) bond motifs is 1. The maximum atomic E-state index is 8.12.